The van der Waals surface area contributed by atoms with Crippen molar-refractivity contribution in [2.75, 3.05) is 19.1 Å². The molecule has 0 amide bonds. The minimum atomic E-state index is 0.414. The van der Waals surface area contributed by atoms with E-state index in [1.54, 1.807) is 25.1 Å². The maximum Gasteiger partial charge on any atom is 0.160 e. The van der Waals surface area contributed by atoms with Crippen molar-refractivity contribution in [2.45, 2.75) is 26.6 Å². The highest BCUT2D eigenvalue weighted by Gasteiger charge is 2.21. The summed E-state index contributed by atoms with van der Waals surface area (Å²) in [5.41, 5.74) is 7.23. The van der Waals surface area contributed by atoms with Crippen LogP contribution in [-0.2, 0) is 19.6 Å². The van der Waals surface area contributed by atoms with Gasteiger partial charge in [-0.05, 0) is 66.6 Å². The first-order valence-corrected chi connectivity index (χ1v) is 14.2. The van der Waals surface area contributed by atoms with Gasteiger partial charge in [-0.1, -0.05) is 48.5 Å². The molecule has 0 N–H and O–H groups in total. The molecule has 3 aromatic heterocycles. The van der Waals surface area contributed by atoms with E-state index in [9.17, 15) is 5.26 Å². The molecule has 9 nitrogen and oxygen atoms in total. The van der Waals surface area contributed by atoms with Crippen LogP contribution in [0.15, 0.2) is 97.1 Å². The number of nitriles is 1. The van der Waals surface area contributed by atoms with Crippen LogP contribution in [-0.4, -0.2) is 39.2 Å². The normalized spacial score (nSPS) is 10.9. The van der Waals surface area contributed by atoms with E-state index in [-0.39, 0.29) is 0 Å². The Morgan fingerprint density at radius 2 is 1.43 bits per heavy atom. The molecule has 0 aliphatic heterocycles. The fourth-order valence-corrected chi connectivity index (χ4v) is 5.12. The molecule has 0 aliphatic carbocycles. The Morgan fingerprint density at radius 1 is 0.773 bits per heavy atom. The minimum Gasteiger partial charge on any atom is -0.497 e. The van der Waals surface area contributed by atoms with Crippen LogP contribution in [0, 0.1) is 18.3 Å². The molecule has 6 rings (SSSR count). The number of hydrogen-bond donors (Lipinski definition) is 0. The number of aromatic nitrogens is 5. The molecule has 0 spiro atoms. The number of hydrogen-bond acceptors (Lipinski definition) is 8. The van der Waals surface area contributed by atoms with Crippen molar-refractivity contribution in [1.29, 1.82) is 5.26 Å². The van der Waals surface area contributed by atoms with Crippen LogP contribution in [0.2, 0.25) is 0 Å². The van der Waals surface area contributed by atoms with Crippen molar-refractivity contribution in [2.24, 2.45) is 0 Å². The largest absolute Gasteiger partial charge is 0.497 e. The van der Waals surface area contributed by atoms with E-state index >= 15 is 0 Å². The van der Waals surface area contributed by atoms with Gasteiger partial charge in [-0.25, -0.2) is 4.98 Å². The number of ether oxygens (including phenoxy) is 2. The van der Waals surface area contributed by atoms with Gasteiger partial charge in [0.15, 0.2) is 11.3 Å². The molecule has 9 heteroatoms. The molecule has 0 atom stereocenters. The lowest BCUT2D eigenvalue weighted by Crippen LogP contribution is -2.24. The maximum atomic E-state index is 9.89. The Bertz CT molecular complexity index is 1890. The van der Waals surface area contributed by atoms with Crippen molar-refractivity contribution < 1.29 is 9.47 Å². The van der Waals surface area contributed by atoms with Crippen molar-refractivity contribution in [1.82, 2.24) is 25.0 Å². The summed E-state index contributed by atoms with van der Waals surface area (Å²) in [7, 11) is 3.32. The first kappa shape index (κ1) is 28.4. The van der Waals surface area contributed by atoms with Gasteiger partial charge in [0, 0.05) is 24.3 Å². The first-order valence-electron chi connectivity index (χ1n) is 14.2. The van der Waals surface area contributed by atoms with Gasteiger partial charge in [0.05, 0.1) is 37.2 Å². The van der Waals surface area contributed by atoms with Gasteiger partial charge in [0.1, 0.15) is 23.6 Å². The Hall–Kier alpha value is -5.75. The van der Waals surface area contributed by atoms with Gasteiger partial charge in [0.25, 0.3) is 0 Å². The maximum absolute atomic E-state index is 9.89. The van der Waals surface area contributed by atoms with Crippen LogP contribution in [0.5, 0.6) is 11.5 Å². The average Bonchev–Trinajstić information content (AvgIpc) is 3.47. The molecule has 3 aromatic carbocycles. The molecular weight excluding hydrogens is 550 g/mol. The summed E-state index contributed by atoms with van der Waals surface area (Å²) in [5, 5.41) is 19.7. The third-order valence-corrected chi connectivity index (χ3v) is 7.33. The predicted octanol–water partition coefficient (Wildman–Crippen LogP) is 6.34. The Morgan fingerprint density at radius 3 is 2.05 bits per heavy atom. The van der Waals surface area contributed by atoms with Gasteiger partial charge in [-0.3, -0.25) is 4.98 Å². The van der Waals surface area contributed by atoms with Crippen LogP contribution in [0.3, 0.4) is 0 Å². The van der Waals surface area contributed by atoms with E-state index in [2.05, 4.69) is 16.0 Å². The number of fused-ring (bicyclic) bond motifs is 1. The molecule has 3 heterocycles. The number of rotatable bonds is 10. The quantitative estimate of drug-likeness (QED) is 0.185. The third-order valence-electron chi connectivity index (χ3n) is 7.33. The number of pyridine rings is 2. The number of anilines is 1. The molecule has 218 valence electrons. The molecule has 0 bridgehead atoms. The summed E-state index contributed by atoms with van der Waals surface area (Å²) in [4.78, 5) is 13.7. The molecule has 0 saturated heterocycles. The fraction of sp³-hybridized carbons (Fsp3) is 0.171. The number of benzene rings is 3. The van der Waals surface area contributed by atoms with E-state index in [1.807, 2.05) is 97.9 Å². The van der Waals surface area contributed by atoms with Crippen molar-refractivity contribution in [3.8, 4) is 28.8 Å². The van der Waals surface area contributed by atoms with Crippen LogP contribution in [0.25, 0.3) is 22.3 Å². The van der Waals surface area contributed by atoms with Crippen LogP contribution in [0.4, 0.5) is 5.82 Å². The van der Waals surface area contributed by atoms with Crippen LogP contribution in [0.1, 0.15) is 28.1 Å². The summed E-state index contributed by atoms with van der Waals surface area (Å²) in [6.45, 7) is 3.48. The van der Waals surface area contributed by atoms with E-state index in [0.717, 1.165) is 39.6 Å². The second-order valence-corrected chi connectivity index (χ2v) is 10.4. The Balaban J connectivity index is 1.50. The molecule has 6 aromatic rings. The fourth-order valence-electron chi connectivity index (χ4n) is 5.12. The van der Waals surface area contributed by atoms with Crippen molar-refractivity contribution >= 4 is 16.9 Å². The second-order valence-electron chi connectivity index (χ2n) is 10.4. The van der Waals surface area contributed by atoms with Crippen LogP contribution < -0.4 is 14.4 Å². The highest BCUT2D eigenvalue weighted by atomic mass is 16.5. The number of aryl methyl sites for hydroxylation is 1. The summed E-state index contributed by atoms with van der Waals surface area (Å²) < 4.78 is 10.8. The average molecular weight is 582 g/mol. The summed E-state index contributed by atoms with van der Waals surface area (Å²) in [6, 6.07) is 33.6. The van der Waals surface area contributed by atoms with E-state index in [1.165, 1.54) is 0 Å². The highest BCUT2D eigenvalue weighted by molar-refractivity contribution is 5.89. The molecule has 0 fully saturated rings. The highest BCUT2D eigenvalue weighted by Crippen LogP contribution is 2.32. The first-order chi connectivity index (χ1) is 21.5. The monoisotopic (exact) mass is 581 g/mol. The third kappa shape index (κ3) is 6.20. The molecule has 44 heavy (non-hydrogen) atoms. The predicted molar refractivity (Wildman–Crippen MR) is 169 cm³/mol. The number of nitrogens with zero attached hydrogens (tertiary/aromatic N) is 7. The second kappa shape index (κ2) is 12.6. The van der Waals surface area contributed by atoms with E-state index < -0.39 is 0 Å². The topological polar surface area (TPSA) is 102 Å². The standard InChI is InChI=1S/C35H31N7O2/c1-24-7-6-9-28(37-24)23-42-39-33-19-32(31-10-5-4-8-27(31)20-36)38-35(34(33)40-42)41(21-25-11-15-29(43-2)16-12-25)22-26-13-17-30(44-3)18-14-26/h4-19H,21-23H2,1-3H3. The van der Waals surface area contributed by atoms with E-state index in [0.29, 0.717) is 47.7 Å². The van der Waals surface area contributed by atoms with Gasteiger partial charge in [-0.15, -0.1) is 5.10 Å². The zero-order chi connectivity index (χ0) is 30.5. The van der Waals surface area contributed by atoms with Gasteiger partial charge < -0.3 is 14.4 Å². The van der Waals surface area contributed by atoms with Crippen molar-refractivity contribution in [3.05, 3.63) is 125 Å². The van der Waals surface area contributed by atoms with Crippen LogP contribution >= 0.6 is 0 Å². The summed E-state index contributed by atoms with van der Waals surface area (Å²) >= 11 is 0. The molecule has 0 unspecified atom stereocenters. The van der Waals surface area contributed by atoms with E-state index in [4.69, 9.17) is 24.7 Å². The van der Waals surface area contributed by atoms with Gasteiger partial charge in [-0.2, -0.15) is 15.2 Å². The lowest BCUT2D eigenvalue weighted by Gasteiger charge is -2.25. The Kier molecular flexibility index (Phi) is 8.15. The number of methoxy groups -OCH3 is 2. The molecular formula is C35H31N7O2. The van der Waals surface area contributed by atoms with Crippen molar-refractivity contribution in [3.63, 3.8) is 0 Å². The summed E-state index contributed by atoms with van der Waals surface area (Å²) in [5.74, 6) is 2.25. The van der Waals surface area contributed by atoms with Gasteiger partial charge in [0.2, 0.25) is 0 Å². The summed E-state index contributed by atoms with van der Waals surface area (Å²) in [6.07, 6.45) is 0. The zero-order valence-corrected chi connectivity index (χ0v) is 24.8. The van der Waals surface area contributed by atoms with Gasteiger partial charge >= 0.3 is 0 Å². The molecule has 0 aliphatic rings. The smallest absolute Gasteiger partial charge is 0.160 e. The lowest BCUT2D eigenvalue weighted by atomic mass is 10.0. The molecule has 0 radical (unpaired) electrons. The zero-order valence-electron chi connectivity index (χ0n) is 24.8. The molecule has 0 saturated carbocycles. The lowest BCUT2D eigenvalue weighted by molar-refractivity contribution is 0.414. The Labute approximate surface area is 256 Å². The SMILES string of the molecule is COc1ccc(CN(Cc2ccc(OC)cc2)c2nc(-c3ccccc3C#N)cc3nn(Cc4cccc(C)n4)nc23)cc1. The minimum absolute atomic E-state index is 0.414.